The summed E-state index contributed by atoms with van der Waals surface area (Å²) in [5.41, 5.74) is -0.639. The fourth-order valence-electron chi connectivity index (χ4n) is 9.28. The lowest BCUT2D eigenvalue weighted by Gasteiger charge is -2.43. The number of hydrogen-bond acceptors (Lipinski definition) is 7. The largest absolute Gasteiger partial charge is 0.346 e. The minimum atomic E-state index is -3.75. The molecule has 2 heterocycles. The molecule has 5 amide bonds. The standard InChI is InChI=1S/C41H60N6O7S/c1-8-20-42-36(50)33(48)28(21-25-16-17-25)43-35(49)32-31-27(40(31,5)6)23-47(32)37(51)34(41(7)18-12-9-13-19-41)45-38(52)44-30(39(2,3)4)24-46-22-26-14-10-11-15-29(26)55(46,53)54/h8,10-11,14-15,25,27-28,30-32,34H,1,9,12-13,16-24H2,2-7H3,(H,42,50)(H,43,49)(H2,44,45,52)/t27-,28?,30+,31-,32-,34+/m0/s1. The summed E-state index contributed by atoms with van der Waals surface area (Å²) in [6.45, 7) is 16.3. The Bertz CT molecular complexity index is 1810. The second-order valence-electron chi connectivity index (χ2n) is 18.6. The Morgan fingerprint density at radius 1 is 0.982 bits per heavy atom. The molecule has 6 rings (SSSR count). The average Bonchev–Trinajstić information content (AvgIpc) is 3.94. The molecule has 2 aliphatic heterocycles. The van der Waals surface area contributed by atoms with Crippen molar-refractivity contribution in [2.24, 2.45) is 34.0 Å². The number of nitrogens with zero attached hydrogens (tertiary/aromatic N) is 2. The lowest BCUT2D eigenvalue weighted by Crippen LogP contribution is -2.63. The highest BCUT2D eigenvalue weighted by Gasteiger charge is 2.70. The zero-order valence-electron chi connectivity index (χ0n) is 33.3. The number of carbonyl (C=O) groups is 5. The third-order valence-corrected chi connectivity index (χ3v) is 15.1. The van der Waals surface area contributed by atoms with E-state index >= 15 is 0 Å². The number of amides is 5. The molecule has 1 saturated heterocycles. The van der Waals surface area contributed by atoms with Gasteiger partial charge in [-0.1, -0.05) is 97.9 Å². The van der Waals surface area contributed by atoms with Gasteiger partial charge in [-0.3, -0.25) is 19.2 Å². The zero-order chi connectivity index (χ0) is 40.1. The Hall–Kier alpha value is -3.78. The molecule has 13 nitrogen and oxygen atoms in total. The van der Waals surface area contributed by atoms with Crippen LogP contribution in [0.15, 0.2) is 41.8 Å². The van der Waals surface area contributed by atoms with Gasteiger partial charge in [0.25, 0.3) is 5.91 Å². The number of rotatable bonds is 14. The molecule has 4 N–H and O–H groups in total. The molecule has 0 spiro atoms. The van der Waals surface area contributed by atoms with Crippen LogP contribution in [0.4, 0.5) is 4.79 Å². The smallest absolute Gasteiger partial charge is 0.315 e. The van der Waals surface area contributed by atoms with E-state index in [0.717, 1.165) is 32.1 Å². The summed E-state index contributed by atoms with van der Waals surface area (Å²) in [4.78, 5) is 71.3. The van der Waals surface area contributed by atoms with Crippen LogP contribution in [0, 0.1) is 34.0 Å². The highest BCUT2D eigenvalue weighted by atomic mass is 32.2. The molecule has 302 valence electrons. The maximum atomic E-state index is 15.0. The predicted octanol–water partition coefficient (Wildman–Crippen LogP) is 3.88. The molecule has 5 aliphatic rings. The van der Waals surface area contributed by atoms with E-state index in [1.165, 1.54) is 10.4 Å². The van der Waals surface area contributed by atoms with Gasteiger partial charge in [0, 0.05) is 32.2 Å². The van der Waals surface area contributed by atoms with Crippen molar-refractivity contribution >= 4 is 39.6 Å². The van der Waals surface area contributed by atoms with Crippen LogP contribution in [0.25, 0.3) is 0 Å². The number of piperidine rings is 1. The van der Waals surface area contributed by atoms with E-state index in [2.05, 4.69) is 41.7 Å². The zero-order valence-corrected chi connectivity index (χ0v) is 34.1. The molecule has 3 saturated carbocycles. The number of likely N-dealkylation sites (tertiary alicyclic amines) is 1. The van der Waals surface area contributed by atoms with Crippen molar-refractivity contribution in [3.8, 4) is 0 Å². The Labute approximate surface area is 326 Å². The lowest BCUT2D eigenvalue weighted by atomic mass is 9.70. The summed E-state index contributed by atoms with van der Waals surface area (Å²) in [5.74, 6) is -2.14. The first-order valence-corrected chi connectivity index (χ1v) is 21.4. The topological polar surface area (TPSA) is 174 Å². The van der Waals surface area contributed by atoms with E-state index in [9.17, 15) is 32.4 Å². The minimum absolute atomic E-state index is 0.0446. The van der Waals surface area contributed by atoms with Gasteiger partial charge in [0.15, 0.2) is 0 Å². The van der Waals surface area contributed by atoms with Gasteiger partial charge in [0.05, 0.1) is 10.9 Å². The van der Waals surface area contributed by atoms with Gasteiger partial charge in [0.2, 0.25) is 27.6 Å². The fraction of sp³-hybridized carbons (Fsp3) is 0.683. The summed E-state index contributed by atoms with van der Waals surface area (Å²) in [5, 5.41) is 11.5. The van der Waals surface area contributed by atoms with E-state index in [1.54, 1.807) is 23.1 Å². The first-order valence-electron chi connectivity index (χ1n) is 20.0. The Kier molecular flexibility index (Phi) is 11.4. The molecule has 0 radical (unpaired) electrons. The van der Waals surface area contributed by atoms with E-state index in [0.29, 0.717) is 31.4 Å². The van der Waals surface area contributed by atoms with Crippen LogP contribution in [-0.4, -0.2) is 91.0 Å². The summed E-state index contributed by atoms with van der Waals surface area (Å²) in [7, 11) is -3.75. The number of Topliss-reactive ketones (excluding diaryl/α,β-unsaturated/α-hetero) is 1. The van der Waals surface area contributed by atoms with Crippen molar-refractivity contribution in [3.63, 3.8) is 0 Å². The molecule has 4 fully saturated rings. The number of urea groups is 1. The number of benzene rings is 1. The SMILES string of the molecule is C=CCNC(=O)C(=O)C(CC1CC1)NC(=O)[C@@H]1[C@@H]2[C@H](CN1C(=O)[C@@H](NC(=O)N[C@H](CN1Cc3ccccc3S1(=O)=O)C(C)(C)C)C1(C)CCCCC1)C2(C)C. The highest BCUT2D eigenvalue weighted by Crippen LogP contribution is 2.65. The molecule has 1 unspecified atom stereocenters. The third kappa shape index (κ3) is 8.36. The van der Waals surface area contributed by atoms with E-state index in [4.69, 9.17) is 0 Å². The molecule has 0 aromatic heterocycles. The average molecular weight is 781 g/mol. The van der Waals surface area contributed by atoms with E-state index in [-0.39, 0.29) is 53.6 Å². The first kappa shape index (κ1) is 40.9. The molecule has 6 atom stereocenters. The molecule has 55 heavy (non-hydrogen) atoms. The van der Waals surface area contributed by atoms with Gasteiger partial charge in [-0.2, -0.15) is 4.31 Å². The highest BCUT2D eigenvalue weighted by molar-refractivity contribution is 7.89. The molecule has 0 bridgehead atoms. The normalized spacial score (nSPS) is 26.4. The van der Waals surface area contributed by atoms with Crippen LogP contribution >= 0.6 is 0 Å². The van der Waals surface area contributed by atoms with Crippen LogP contribution in [0.3, 0.4) is 0 Å². The Morgan fingerprint density at radius 2 is 1.65 bits per heavy atom. The second-order valence-corrected chi connectivity index (χ2v) is 20.5. The van der Waals surface area contributed by atoms with Gasteiger partial charge in [0.1, 0.15) is 12.1 Å². The summed E-state index contributed by atoms with van der Waals surface area (Å²) < 4.78 is 28.3. The molecule has 14 heteroatoms. The van der Waals surface area contributed by atoms with Crippen molar-refractivity contribution in [3.05, 3.63) is 42.5 Å². The van der Waals surface area contributed by atoms with Crippen molar-refractivity contribution in [2.75, 3.05) is 19.6 Å². The summed E-state index contributed by atoms with van der Waals surface area (Å²) in [6, 6.07) is 2.87. The number of sulfonamides is 1. The quantitative estimate of drug-likeness (QED) is 0.164. The molecule has 1 aromatic rings. The predicted molar refractivity (Wildman–Crippen MR) is 208 cm³/mol. The van der Waals surface area contributed by atoms with Gasteiger partial charge < -0.3 is 26.2 Å². The van der Waals surface area contributed by atoms with E-state index in [1.807, 2.05) is 33.8 Å². The van der Waals surface area contributed by atoms with E-state index < -0.39 is 68.6 Å². The number of fused-ring (bicyclic) bond motifs is 2. The van der Waals surface area contributed by atoms with Gasteiger partial charge in [-0.15, -0.1) is 6.58 Å². The first-order chi connectivity index (χ1) is 25.8. The Balaban J connectivity index is 1.22. The third-order valence-electron chi connectivity index (χ3n) is 13.2. The van der Waals surface area contributed by atoms with Crippen LogP contribution in [-0.2, 0) is 35.7 Å². The lowest BCUT2D eigenvalue weighted by molar-refractivity contribution is -0.146. The van der Waals surface area contributed by atoms with Crippen LogP contribution in [0.5, 0.6) is 0 Å². The number of carbonyl (C=O) groups excluding carboxylic acids is 5. The van der Waals surface area contributed by atoms with Gasteiger partial charge >= 0.3 is 6.03 Å². The number of ketones is 1. The number of hydrogen-bond donors (Lipinski definition) is 4. The molecular formula is C41H60N6O7S. The molecule has 3 aliphatic carbocycles. The molecule has 1 aromatic carbocycles. The van der Waals surface area contributed by atoms with Crippen LogP contribution in [0.2, 0.25) is 0 Å². The van der Waals surface area contributed by atoms with Crippen molar-refractivity contribution in [1.82, 2.24) is 30.5 Å². The Morgan fingerprint density at radius 3 is 2.27 bits per heavy atom. The summed E-state index contributed by atoms with van der Waals surface area (Å²) in [6.07, 6.45) is 7.89. The van der Waals surface area contributed by atoms with Crippen molar-refractivity contribution in [1.29, 1.82) is 0 Å². The van der Waals surface area contributed by atoms with Gasteiger partial charge in [-0.05, 0) is 64.9 Å². The second kappa shape index (κ2) is 15.3. The van der Waals surface area contributed by atoms with Crippen LogP contribution in [0.1, 0.15) is 98.5 Å². The number of nitrogens with one attached hydrogen (secondary N) is 4. The molecular weight excluding hydrogens is 721 g/mol. The fourth-order valence-corrected chi connectivity index (χ4v) is 10.9. The van der Waals surface area contributed by atoms with Crippen molar-refractivity contribution in [2.45, 2.75) is 129 Å². The summed E-state index contributed by atoms with van der Waals surface area (Å²) >= 11 is 0. The monoisotopic (exact) mass is 780 g/mol. The van der Waals surface area contributed by atoms with Crippen LogP contribution < -0.4 is 21.3 Å². The van der Waals surface area contributed by atoms with Gasteiger partial charge in [-0.25, -0.2) is 13.2 Å². The minimum Gasteiger partial charge on any atom is -0.346 e. The maximum absolute atomic E-state index is 15.0. The van der Waals surface area contributed by atoms with Crippen molar-refractivity contribution < 1.29 is 32.4 Å². The maximum Gasteiger partial charge on any atom is 0.315 e.